The van der Waals surface area contributed by atoms with Crippen molar-refractivity contribution in [2.45, 2.75) is 25.4 Å². The zero-order valence-corrected chi connectivity index (χ0v) is 15.0. The molecule has 1 aromatic carbocycles. The van der Waals surface area contributed by atoms with Crippen molar-refractivity contribution in [3.63, 3.8) is 0 Å². The van der Waals surface area contributed by atoms with Crippen LogP contribution in [0.3, 0.4) is 0 Å². The summed E-state index contributed by atoms with van der Waals surface area (Å²) in [5.41, 5.74) is 2.79. The minimum Gasteiger partial charge on any atom is -0.381 e. The molecule has 1 N–H and O–H groups in total. The zero-order chi connectivity index (χ0) is 17.2. The largest absolute Gasteiger partial charge is 0.381 e. The van der Waals surface area contributed by atoms with Gasteiger partial charge < -0.3 is 10.1 Å². The normalized spacial score (nSPS) is 15.6. The highest BCUT2D eigenvalue weighted by molar-refractivity contribution is 6.42. The summed E-state index contributed by atoms with van der Waals surface area (Å²) in [6, 6.07) is 5.88. The average molecular weight is 378 g/mol. The maximum atomic E-state index is 6.04. The highest BCUT2D eigenvalue weighted by Gasteiger charge is 2.19. The van der Waals surface area contributed by atoms with E-state index in [1.54, 1.807) is 12.3 Å². The fourth-order valence-corrected chi connectivity index (χ4v) is 3.30. The molecular formula is C17H17Cl2N5O. The molecule has 1 fully saturated rings. The first kappa shape index (κ1) is 16.6. The minimum absolute atomic E-state index is 0.352. The second-order valence-electron chi connectivity index (χ2n) is 6.00. The Kier molecular flexibility index (Phi) is 4.74. The summed E-state index contributed by atoms with van der Waals surface area (Å²) in [6.07, 6.45) is 5.54. The number of benzene rings is 1. The van der Waals surface area contributed by atoms with Crippen LogP contribution in [-0.4, -0.2) is 33.0 Å². The molecule has 3 aromatic rings. The van der Waals surface area contributed by atoms with Crippen LogP contribution in [0.1, 0.15) is 24.4 Å². The van der Waals surface area contributed by atoms with Crippen molar-refractivity contribution in [1.82, 2.24) is 19.7 Å². The number of fused-ring (bicyclic) bond motifs is 1. The number of aromatic nitrogens is 4. The van der Waals surface area contributed by atoms with E-state index in [2.05, 4.69) is 20.4 Å². The summed E-state index contributed by atoms with van der Waals surface area (Å²) in [4.78, 5) is 8.97. The lowest BCUT2D eigenvalue weighted by molar-refractivity contribution is 0.0674. The topological polar surface area (TPSA) is 64.9 Å². The number of rotatable bonds is 4. The Morgan fingerprint density at radius 2 is 2.00 bits per heavy atom. The van der Waals surface area contributed by atoms with Crippen molar-refractivity contribution in [2.24, 2.45) is 0 Å². The molecule has 0 bridgehead atoms. The molecule has 0 radical (unpaired) electrons. The van der Waals surface area contributed by atoms with Crippen molar-refractivity contribution in [1.29, 1.82) is 0 Å². The lowest BCUT2D eigenvalue weighted by Gasteiger charge is -2.22. The number of nitrogens with one attached hydrogen (secondary N) is 1. The van der Waals surface area contributed by atoms with Crippen LogP contribution in [0, 0.1) is 0 Å². The molecule has 0 saturated carbocycles. The zero-order valence-electron chi connectivity index (χ0n) is 13.5. The van der Waals surface area contributed by atoms with Crippen LogP contribution in [0.2, 0.25) is 10.0 Å². The number of anilines is 1. The second kappa shape index (κ2) is 7.15. The van der Waals surface area contributed by atoms with E-state index in [0.29, 0.717) is 28.6 Å². The van der Waals surface area contributed by atoms with E-state index in [9.17, 15) is 0 Å². The van der Waals surface area contributed by atoms with Gasteiger partial charge in [0.25, 0.3) is 0 Å². The molecule has 0 aliphatic carbocycles. The van der Waals surface area contributed by atoms with E-state index >= 15 is 0 Å². The van der Waals surface area contributed by atoms with Gasteiger partial charge >= 0.3 is 0 Å². The van der Waals surface area contributed by atoms with Crippen LogP contribution in [0.4, 0.5) is 5.95 Å². The van der Waals surface area contributed by atoms with Gasteiger partial charge in [-0.2, -0.15) is 5.10 Å². The lowest BCUT2D eigenvalue weighted by atomic mass is 10.1. The Morgan fingerprint density at radius 3 is 2.80 bits per heavy atom. The maximum Gasteiger partial charge on any atom is 0.223 e. The van der Waals surface area contributed by atoms with E-state index in [1.165, 1.54) is 0 Å². The van der Waals surface area contributed by atoms with Gasteiger partial charge in [0.1, 0.15) is 11.0 Å². The molecule has 8 heteroatoms. The van der Waals surface area contributed by atoms with Crippen LogP contribution in [0.25, 0.3) is 11.0 Å². The maximum absolute atomic E-state index is 6.04. The molecule has 2 aromatic heterocycles. The first-order chi connectivity index (χ1) is 12.2. The molecule has 1 saturated heterocycles. The smallest absolute Gasteiger partial charge is 0.223 e. The summed E-state index contributed by atoms with van der Waals surface area (Å²) < 4.78 is 7.43. The third kappa shape index (κ3) is 3.56. The molecule has 25 heavy (non-hydrogen) atoms. The highest BCUT2D eigenvalue weighted by atomic mass is 35.5. The second-order valence-corrected chi connectivity index (χ2v) is 6.81. The van der Waals surface area contributed by atoms with E-state index in [1.807, 2.05) is 23.0 Å². The molecule has 4 rings (SSSR count). The Labute approximate surface area is 155 Å². The SMILES string of the molecule is Clc1ccc(CNc2ncc3c(cnn3C3CCOCC3)n2)cc1Cl. The summed E-state index contributed by atoms with van der Waals surface area (Å²) in [7, 11) is 0. The number of halogens is 2. The van der Waals surface area contributed by atoms with E-state index in [4.69, 9.17) is 27.9 Å². The fraction of sp³-hybridized carbons (Fsp3) is 0.353. The van der Waals surface area contributed by atoms with E-state index < -0.39 is 0 Å². The Bertz CT molecular complexity index is 892. The van der Waals surface area contributed by atoms with Crippen molar-refractivity contribution in [3.05, 3.63) is 46.2 Å². The standard InChI is InChI=1S/C17H17Cl2N5O/c18-13-2-1-11(7-14(13)19)8-20-17-21-10-16-15(23-17)9-22-24(16)12-3-5-25-6-4-12/h1-2,7,9-10,12H,3-6,8H2,(H,20,21,23). The minimum atomic E-state index is 0.352. The van der Waals surface area contributed by atoms with Gasteiger partial charge in [0.15, 0.2) is 0 Å². The van der Waals surface area contributed by atoms with E-state index in [0.717, 1.165) is 42.7 Å². The van der Waals surface area contributed by atoms with Crippen molar-refractivity contribution < 1.29 is 4.74 Å². The van der Waals surface area contributed by atoms with Crippen LogP contribution >= 0.6 is 23.2 Å². The van der Waals surface area contributed by atoms with Gasteiger partial charge in [-0.15, -0.1) is 0 Å². The predicted octanol–water partition coefficient (Wildman–Crippen LogP) is 4.10. The van der Waals surface area contributed by atoms with Crippen LogP contribution in [0.5, 0.6) is 0 Å². The summed E-state index contributed by atoms with van der Waals surface area (Å²) >= 11 is 12.0. The molecule has 0 amide bonds. The number of ether oxygens (including phenoxy) is 1. The predicted molar refractivity (Wildman–Crippen MR) is 98.2 cm³/mol. The molecule has 0 spiro atoms. The number of nitrogens with zero attached hydrogens (tertiary/aromatic N) is 4. The van der Waals surface area contributed by atoms with Gasteiger partial charge in [-0.25, -0.2) is 9.97 Å². The molecule has 3 heterocycles. The van der Waals surface area contributed by atoms with Gasteiger partial charge in [-0.1, -0.05) is 29.3 Å². The molecule has 0 unspecified atom stereocenters. The third-order valence-corrected chi connectivity index (χ3v) is 5.06. The molecule has 0 atom stereocenters. The van der Waals surface area contributed by atoms with Crippen LogP contribution in [-0.2, 0) is 11.3 Å². The fourth-order valence-electron chi connectivity index (χ4n) is 2.98. The number of hydrogen-bond acceptors (Lipinski definition) is 5. The highest BCUT2D eigenvalue weighted by Crippen LogP contribution is 2.25. The van der Waals surface area contributed by atoms with Gasteiger partial charge in [-0.3, -0.25) is 4.68 Å². The van der Waals surface area contributed by atoms with Gasteiger partial charge in [0, 0.05) is 19.8 Å². The van der Waals surface area contributed by atoms with Crippen molar-refractivity contribution >= 4 is 40.2 Å². The molecule has 1 aliphatic heterocycles. The molecule has 1 aliphatic rings. The average Bonchev–Trinajstić information content (AvgIpc) is 3.06. The Hall–Kier alpha value is -1.89. The van der Waals surface area contributed by atoms with Crippen molar-refractivity contribution in [3.8, 4) is 0 Å². The molecular weight excluding hydrogens is 361 g/mol. The summed E-state index contributed by atoms with van der Waals surface area (Å²) in [5.74, 6) is 0.560. The Morgan fingerprint density at radius 1 is 1.16 bits per heavy atom. The lowest BCUT2D eigenvalue weighted by Crippen LogP contribution is -2.20. The molecule has 6 nitrogen and oxygen atoms in total. The number of hydrogen-bond donors (Lipinski definition) is 1. The quantitative estimate of drug-likeness (QED) is 0.741. The van der Waals surface area contributed by atoms with Gasteiger partial charge in [0.2, 0.25) is 5.95 Å². The monoisotopic (exact) mass is 377 g/mol. The summed E-state index contributed by atoms with van der Waals surface area (Å²) in [6.45, 7) is 2.11. The third-order valence-electron chi connectivity index (χ3n) is 4.32. The first-order valence-corrected chi connectivity index (χ1v) is 8.92. The van der Waals surface area contributed by atoms with Crippen LogP contribution < -0.4 is 5.32 Å². The first-order valence-electron chi connectivity index (χ1n) is 8.16. The molecule has 130 valence electrons. The van der Waals surface area contributed by atoms with E-state index in [-0.39, 0.29) is 0 Å². The Balaban J connectivity index is 1.50. The summed E-state index contributed by atoms with van der Waals surface area (Å²) in [5, 5.41) is 8.79. The van der Waals surface area contributed by atoms with Crippen molar-refractivity contribution in [2.75, 3.05) is 18.5 Å². The van der Waals surface area contributed by atoms with Gasteiger partial charge in [0.05, 0.1) is 28.5 Å². The van der Waals surface area contributed by atoms with Gasteiger partial charge in [-0.05, 0) is 30.5 Å². The van der Waals surface area contributed by atoms with Crippen LogP contribution in [0.15, 0.2) is 30.6 Å².